The van der Waals surface area contributed by atoms with Gasteiger partial charge in [-0.1, -0.05) is 56.7 Å². The van der Waals surface area contributed by atoms with Gasteiger partial charge in [-0.2, -0.15) is 0 Å². The van der Waals surface area contributed by atoms with Gasteiger partial charge in [-0.25, -0.2) is 22.5 Å². The summed E-state index contributed by atoms with van der Waals surface area (Å²) in [6.07, 6.45) is 5.12. The number of sulfonamides is 1. The molecule has 0 bridgehead atoms. The number of nitrogens with zero attached hydrogens (tertiary/aromatic N) is 3. The van der Waals surface area contributed by atoms with Crippen molar-refractivity contribution >= 4 is 21.6 Å². The Morgan fingerprint density at radius 1 is 1.14 bits per heavy atom. The van der Waals surface area contributed by atoms with E-state index in [4.69, 9.17) is 0 Å². The van der Waals surface area contributed by atoms with Crippen molar-refractivity contribution < 1.29 is 17.6 Å². The van der Waals surface area contributed by atoms with E-state index in [-0.39, 0.29) is 40.9 Å². The van der Waals surface area contributed by atoms with Crippen LogP contribution in [0.5, 0.6) is 0 Å². The molecule has 43 heavy (non-hydrogen) atoms. The summed E-state index contributed by atoms with van der Waals surface area (Å²) in [6, 6.07) is 18.6. The van der Waals surface area contributed by atoms with E-state index in [1.807, 2.05) is 55.9 Å². The zero-order valence-electron chi connectivity index (χ0n) is 25.3. The lowest BCUT2D eigenvalue weighted by molar-refractivity contribution is -0.119. The number of rotatable bonds is 9. The molecule has 9 heteroatoms. The lowest BCUT2D eigenvalue weighted by Gasteiger charge is -2.38. The number of aromatic nitrogens is 2. The number of carbonyl (C=O) groups is 1. The molecule has 0 aliphatic heterocycles. The third-order valence-corrected chi connectivity index (χ3v) is 10.0. The molecule has 1 aliphatic rings. The van der Waals surface area contributed by atoms with Gasteiger partial charge in [0, 0.05) is 37.6 Å². The summed E-state index contributed by atoms with van der Waals surface area (Å²) in [7, 11) is -1.90. The molecule has 226 valence electrons. The number of anilines is 1. The Kier molecular flexibility index (Phi) is 8.58. The van der Waals surface area contributed by atoms with Crippen LogP contribution in [0.4, 0.5) is 10.1 Å². The second-order valence-corrected chi connectivity index (χ2v) is 14.0. The van der Waals surface area contributed by atoms with Gasteiger partial charge in [0.15, 0.2) is 0 Å². The van der Waals surface area contributed by atoms with E-state index in [2.05, 4.69) is 23.6 Å². The largest absolute Gasteiger partial charge is 0.337 e. The molecule has 2 atom stereocenters. The van der Waals surface area contributed by atoms with Gasteiger partial charge in [-0.05, 0) is 84.2 Å². The van der Waals surface area contributed by atoms with E-state index in [0.29, 0.717) is 17.9 Å². The molecule has 0 saturated heterocycles. The number of hydrogen-bond acceptors (Lipinski definition) is 4. The summed E-state index contributed by atoms with van der Waals surface area (Å²) in [6.45, 7) is 8.39. The third kappa shape index (κ3) is 6.73. The van der Waals surface area contributed by atoms with Crippen LogP contribution in [-0.4, -0.2) is 23.9 Å². The number of nitrogens with one attached hydrogen (secondary N) is 1. The van der Waals surface area contributed by atoms with Crippen LogP contribution in [0.25, 0.3) is 0 Å². The first-order valence-corrected chi connectivity index (χ1v) is 16.1. The van der Waals surface area contributed by atoms with Gasteiger partial charge in [0.1, 0.15) is 11.6 Å². The second kappa shape index (κ2) is 12.1. The van der Waals surface area contributed by atoms with E-state index in [9.17, 15) is 17.6 Å². The summed E-state index contributed by atoms with van der Waals surface area (Å²) in [5.74, 6) is 0.0313. The Labute approximate surface area is 253 Å². The van der Waals surface area contributed by atoms with Crippen molar-refractivity contribution in [3.63, 3.8) is 0 Å². The van der Waals surface area contributed by atoms with Crippen LogP contribution in [0.3, 0.4) is 0 Å². The molecule has 0 spiro atoms. The molecule has 1 aliphatic carbocycles. The van der Waals surface area contributed by atoms with Crippen molar-refractivity contribution in [2.24, 2.45) is 7.05 Å². The number of fused-ring (bicyclic) bond motifs is 1. The van der Waals surface area contributed by atoms with Gasteiger partial charge in [0.2, 0.25) is 15.9 Å². The molecule has 5 rings (SSSR count). The topological polar surface area (TPSA) is 84.3 Å². The number of hydrogen-bond donors (Lipinski definition) is 1. The molecule has 0 saturated carbocycles. The van der Waals surface area contributed by atoms with Gasteiger partial charge < -0.3 is 9.47 Å². The predicted molar refractivity (Wildman–Crippen MR) is 167 cm³/mol. The minimum Gasteiger partial charge on any atom is -0.337 e. The molecule has 1 amide bonds. The van der Waals surface area contributed by atoms with Gasteiger partial charge >= 0.3 is 0 Å². The number of aryl methyl sites for hydroxylation is 2. The number of carbonyl (C=O) groups excluding carboxylic acids is 1. The number of amides is 1. The van der Waals surface area contributed by atoms with Crippen LogP contribution < -0.4 is 9.62 Å². The van der Waals surface area contributed by atoms with Crippen LogP contribution in [0.1, 0.15) is 80.1 Å². The normalized spacial score (nSPS) is 16.8. The lowest BCUT2D eigenvalue weighted by Crippen LogP contribution is -2.37. The number of benzene rings is 3. The molecule has 0 radical (unpaired) electrons. The molecule has 3 aromatic carbocycles. The summed E-state index contributed by atoms with van der Waals surface area (Å²) >= 11 is 0. The lowest BCUT2D eigenvalue weighted by atomic mass is 9.71. The van der Waals surface area contributed by atoms with Crippen molar-refractivity contribution in [2.45, 2.75) is 75.8 Å². The standard InChI is InChI=1S/C34H39FN4O3S/c1-23-9-12-28(13-10-23)43(41,42)37-31-15-16-34(3,4)30-14-11-27(21-29(30)31)39(22-32-36-17-18-38(32)5)33(40)19-24(2)25-7-6-8-26(35)20-25/h6-14,17-18,20-21,24,31,37H,15-16,19,22H2,1-5H3/t24-,31+/m0/s1. The number of imidazole rings is 1. The highest BCUT2D eigenvalue weighted by Crippen LogP contribution is 2.43. The highest BCUT2D eigenvalue weighted by Gasteiger charge is 2.35. The van der Waals surface area contributed by atoms with Crippen LogP contribution in [0.15, 0.2) is 84.0 Å². The van der Waals surface area contributed by atoms with E-state index in [1.54, 1.807) is 41.4 Å². The highest BCUT2D eigenvalue weighted by atomic mass is 32.2. The minimum atomic E-state index is -3.78. The summed E-state index contributed by atoms with van der Waals surface area (Å²) < 4.78 is 45.6. The average molecular weight is 603 g/mol. The fourth-order valence-corrected chi connectivity index (χ4v) is 7.08. The maximum Gasteiger partial charge on any atom is 0.241 e. The zero-order valence-corrected chi connectivity index (χ0v) is 26.2. The van der Waals surface area contributed by atoms with E-state index >= 15 is 0 Å². The monoisotopic (exact) mass is 602 g/mol. The molecular weight excluding hydrogens is 563 g/mol. The van der Waals surface area contributed by atoms with Crippen LogP contribution in [-0.2, 0) is 33.8 Å². The maximum absolute atomic E-state index is 14.0. The predicted octanol–water partition coefficient (Wildman–Crippen LogP) is 6.69. The first kappa shape index (κ1) is 30.6. The first-order chi connectivity index (χ1) is 20.3. The Bertz CT molecular complexity index is 1730. The molecule has 4 aromatic rings. The minimum absolute atomic E-state index is 0.133. The van der Waals surface area contributed by atoms with Gasteiger partial charge in [-0.3, -0.25) is 4.79 Å². The summed E-state index contributed by atoms with van der Waals surface area (Å²) in [5, 5.41) is 0. The van der Waals surface area contributed by atoms with Crippen molar-refractivity contribution in [3.05, 3.63) is 113 Å². The molecule has 1 N–H and O–H groups in total. The highest BCUT2D eigenvalue weighted by molar-refractivity contribution is 7.89. The molecular formula is C34H39FN4O3S. The van der Waals surface area contributed by atoms with Gasteiger partial charge in [0.05, 0.1) is 11.4 Å². The third-order valence-electron chi connectivity index (χ3n) is 8.56. The van der Waals surface area contributed by atoms with E-state index in [0.717, 1.165) is 28.7 Å². The van der Waals surface area contributed by atoms with E-state index < -0.39 is 16.1 Å². The van der Waals surface area contributed by atoms with Crippen molar-refractivity contribution in [1.82, 2.24) is 14.3 Å². The molecule has 1 heterocycles. The Morgan fingerprint density at radius 2 is 1.88 bits per heavy atom. The van der Waals surface area contributed by atoms with Crippen LogP contribution in [0, 0.1) is 12.7 Å². The molecule has 7 nitrogen and oxygen atoms in total. The van der Waals surface area contributed by atoms with Gasteiger partial charge in [-0.15, -0.1) is 0 Å². The SMILES string of the molecule is Cc1ccc(S(=O)(=O)N[C@@H]2CCC(C)(C)c3ccc(N(Cc4nccn4C)C(=O)C[C@H](C)c4cccc(F)c4)cc32)cc1. The van der Waals surface area contributed by atoms with E-state index in [1.165, 1.54) is 12.1 Å². The molecule has 0 fully saturated rings. The van der Waals surface area contributed by atoms with Crippen LogP contribution >= 0.6 is 0 Å². The molecule has 1 aromatic heterocycles. The summed E-state index contributed by atoms with van der Waals surface area (Å²) in [4.78, 5) is 20.3. The zero-order chi connectivity index (χ0) is 30.9. The quantitative estimate of drug-likeness (QED) is 0.232. The Morgan fingerprint density at radius 3 is 2.56 bits per heavy atom. The fraction of sp³-hybridized carbons (Fsp3) is 0.353. The average Bonchev–Trinajstić information content (AvgIpc) is 3.37. The van der Waals surface area contributed by atoms with Crippen LogP contribution in [0.2, 0.25) is 0 Å². The Balaban J connectivity index is 1.51. The number of halogens is 1. The first-order valence-electron chi connectivity index (χ1n) is 14.6. The van der Waals surface area contributed by atoms with Gasteiger partial charge in [0.25, 0.3) is 0 Å². The smallest absolute Gasteiger partial charge is 0.241 e. The molecule has 0 unspecified atom stereocenters. The van der Waals surface area contributed by atoms with Crippen molar-refractivity contribution in [2.75, 3.05) is 4.90 Å². The second-order valence-electron chi connectivity index (χ2n) is 12.3. The van der Waals surface area contributed by atoms with Crippen molar-refractivity contribution in [1.29, 1.82) is 0 Å². The maximum atomic E-state index is 14.0. The summed E-state index contributed by atoms with van der Waals surface area (Å²) in [5.41, 5.74) is 4.15. The Hall–Kier alpha value is -3.82. The fourth-order valence-electron chi connectivity index (χ4n) is 5.83. The van der Waals surface area contributed by atoms with Crippen molar-refractivity contribution in [3.8, 4) is 0 Å².